The third kappa shape index (κ3) is 1.53. The van der Waals surface area contributed by atoms with Crippen molar-refractivity contribution in [2.75, 3.05) is 5.73 Å². The predicted octanol–water partition coefficient (Wildman–Crippen LogP) is 1.30. The minimum atomic E-state index is -0.0174. The largest absolute Gasteiger partial charge is 0.369 e. The number of aromatic nitrogens is 2. The standard InChI is InChI=1S/C13H13N3O/c14-13-15-11-8-4-7-10(11)12(17)16(13)9-5-2-1-3-6-9/h1-3,5-6H,4,7-8H2,(H2,14,15). The highest BCUT2D eigenvalue weighted by Crippen LogP contribution is 2.19. The molecular weight excluding hydrogens is 214 g/mol. The molecule has 2 N–H and O–H groups in total. The molecule has 1 aromatic carbocycles. The van der Waals surface area contributed by atoms with Gasteiger partial charge in [-0.2, -0.15) is 0 Å². The number of hydrogen-bond donors (Lipinski definition) is 1. The Labute approximate surface area is 98.7 Å². The van der Waals surface area contributed by atoms with Crippen molar-refractivity contribution in [1.29, 1.82) is 0 Å². The van der Waals surface area contributed by atoms with Crippen molar-refractivity contribution >= 4 is 5.95 Å². The third-order valence-corrected chi connectivity index (χ3v) is 3.14. The van der Waals surface area contributed by atoms with Crippen molar-refractivity contribution in [1.82, 2.24) is 9.55 Å². The SMILES string of the molecule is Nc1nc2c(c(=O)n1-c1ccccc1)CCC2. The quantitative estimate of drug-likeness (QED) is 0.798. The summed E-state index contributed by atoms with van der Waals surface area (Å²) >= 11 is 0. The number of benzene rings is 1. The van der Waals surface area contributed by atoms with Crippen molar-refractivity contribution < 1.29 is 0 Å². The first-order valence-corrected chi connectivity index (χ1v) is 5.73. The third-order valence-electron chi connectivity index (χ3n) is 3.14. The molecule has 1 aromatic heterocycles. The fourth-order valence-electron chi connectivity index (χ4n) is 2.34. The highest BCUT2D eigenvalue weighted by atomic mass is 16.1. The molecule has 3 rings (SSSR count). The molecular formula is C13H13N3O. The minimum absolute atomic E-state index is 0.0174. The van der Waals surface area contributed by atoms with E-state index >= 15 is 0 Å². The molecule has 0 atom stereocenters. The second-order valence-corrected chi connectivity index (χ2v) is 4.22. The average Bonchev–Trinajstić information content (AvgIpc) is 2.78. The Morgan fingerprint density at radius 1 is 1.18 bits per heavy atom. The van der Waals surface area contributed by atoms with Crippen LogP contribution in [-0.2, 0) is 12.8 Å². The van der Waals surface area contributed by atoms with Crippen molar-refractivity contribution in [2.24, 2.45) is 0 Å². The Bertz CT molecular complexity index is 617. The van der Waals surface area contributed by atoms with Crippen LogP contribution in [-0.4, -0.2) is 9.55 Å². The van der Waals surface area contributed by atoms with E-state index in [0.717, 1.165) is 36.2 Å². The molecule has 0 bridgehead atoms. The van der Waals surface area contributed by atoms with Gasteiger partial charge in [-0.3, -0.25) is 4.79 Å². The maximum Gasteiger partial charge on any atom is 0.262 e. The first kappa shape index (κ1) is 10.1. The number of nitrogens with two attached hydrogens (primary N) is 1. The zero-order valence-electron chi connectivity index (χ0n) is 9.39. The molecule has 17 heavy (non-hydrogen) atoms. The molecule has 0 aliphatic heterocycles. The first-order valence-electron chi connectivity index (χ1n) is 5.73. The van der Waals surface area contributed by atoms with Crippen molar-refractivity contribution in [3.63, 3.8) is 0 Å². The number of aryl methyl sites for hydroxylation is 1. The molecule has 1 aliphatic rings. The fraction of sp³-hybridized carbons (Fsp3) is 0.231. The van der Waals surface area contributed by atoms with E-state index in [2.05, 4.69) is 4.98 Å². The molecule has 4 heteroatoms. The molecule has 0 saturated heterocycles. The van der Waals surface area contributed by atoms with Gasteiger partial charge in [-0.15, -0.1) is 0 Å². The summed E-state index contributed by atoms with van der Waals surface area (Å²) in [5.74, 6) is 0.279. The molecule has 0 saturated carbocycles. The van der Waals surface area contributed by atoms with Gasteiger partial charge in [0.05, 0.1) is 11.4 Å². The smallest absolute Gasteiger partial charge is 0.262 e. The van der Waals surface area contributed by atoms with Gasteiger partial charge in [0.2, 0.25) is 5.95 Å². The van der Waals surface area contributed by atoms with Crippen LogP contribution >= 0.6 is 0 Å². The second-order valence-electron chi connectivity index (χ2n) is 4.22. The Morgan fingerprint density at radius 2 is 1.94 bits per heavy atom. The molecule has 1 aliphatic carbocycles. The van der Waals surface area contributed by atoms with Gasteiger partial charge in [0.15, 0.2) is 0 Å². The van der Waals surface area contributed by atoms with Crippen LogP contribution in [0.1, 0.15) is 17.7 Å². The van der Waals surface area contributed by atoms with Gasteiger partial charge in [-0.25, -0.2) is 9.55 Å². The minimum Gasteiger partial charge on any atom is -0.369 e. The summed E-state index contributed by atoms with van der Waals surface area (Å²) in [6, 6.07) is 9.40. The summed E-state index contributed by atoms with van der Waals surface area (Å²) in [7, 11) is 0. The van der Waals surface area contributed by atoms with Crippen LogP contribution in [0.4, 0.5) is 5.95 Å². The zero-order chi connectivity index (χ0) is 11.8. The van der Waals surface area contributed by atoms with Gasteiger partial charge < -0.3 is 5.73 Å². The van der Waals surface area contributed by atoms with Gasteiger partial charge in [0.1, 0.15) is 0 Å². The predicted molar refractivity (Wildman–Crippen MR) is 66.3 cm³/mol. The van der Waals surface area contributed by atoms with E-state index in [1.54, 1.807) is 0 Å². The van der Waals surface area contributed by atoms with Crippen LogP contribution < -0.4 is 11.3 Å². The van der Waals surface area contributed by atoms with Crippen molar-refractivity contribution in [3.05, 3.63) is 51.9 Å². The van der Waals surface area contributed by atoms with Crippen molar-refractivity contribution in [2.45, 2.75) is 19.3 Å². The number of anilines is 1. The molecule has 0 unspecified atom stereocenters. The molecule has 2 aromatic rings. The summed E-state index contributed by atoms with van der Waals surface area (Å²) in [6.45, 7) is 0. The topological polar surface area (TPSA) is 60.9 Å². The fourth-order valence-corrected chi connectivity index (χ4v) is 2.34. The number of nitrogen functional groups attached to an aromatic ring is 1. The van der Waals surface area contributed by atoms with Crippen LogP contribution in [0.15, 0.2) is 35.1 Å². The lowest BCUT2D eigenvalue weighted by Crippen LogP contribution is -2.26. The zero-order valence-corrected chi connectivity index (χ0v) is 9.39. The maximum absolute atomic E-state index is 12.3. The Balaban J connectivity index is 2.28. The van der Waals surface area contributed by atoms with Gasteiger partial charge in [0.25, 0.3) is 5.56 Å². The van der Waals surface area contributed by atoms with Crippen LogP contribution in [0.2, 0.25) is 0 Å². The number of hydrogen-bond acceptors (Lipinski definition) is 3. The Kier molecular flexibility index (Phi) is 2.21. The van der Waals surface area contributed by atoms with E-state index < -0.39 is 0 Å². The molecule has 86 valence electrons. The molecule has 0 fully saturated rings. The summed E-state index contributed by atoms with van der Waals surface area (Å²) in [6.07, 6.45) is 2.68. The molecule has 4 nitrogen and oxygen atoms in total. The summed E-state index contributed by atoms with van der Waals surface area (Å²) in [5, 5.41) is 0. The van der Waals surface area contributed by atoms with Crippen molar-refractivity contribution in [3.8, 4) is 5.69 Å². The summed E-state index contributed by atoms with van der Waals surface area (Å²) < 4.78 is 1.49. The number of nitrogens with zero attached hydrogens (tertiary/aromatic N) is 2. The normalized spacial score (nSPS) is 13.6. The second kappa shape index (κ2) is 3.73. The Morgan fingerprint density at radius 3 is 2.71 bits per heavy atom. The maximum atomic E-state index is 12.3. The number of para-hydroxylation sites is 1. The first-order chi connectivity index (χ1) is 8.27. The van der Waals surface area contributed by atoms with Crippen LogP contribution in [0.25, 0.3) is 5.69 Å². The van der Waals surface area contributed by atoms with E-state index in [-0.39, 0.29) is 11.5 Å². The van der Waals surface area contributed by atoms with E-state index in [0.29, 0.717) is 0 Å². The van der Waals surface area contributed by atoms with E-state index in [1.165, 1.54) is 4.57 Å². The van der Waals surface area contributed by atoms with E-state index in [1.807, 2.05) is 30.3 Å². The monoisotopic (exact) mass is 227 g/mol. The van der Waals surface area contributed by atoms with E-state index in [4.69, 9.17) is 5.73 Å². The summed E-state index contributed by atoms with van der Waals surface area (Å²) in [5.41, 5.74) is 8.33. The van der Waals surface area contributed by atoms with Crippen LogP contribution in [0.5, 0.6) is 0 Å². The lowest BCUT2D eigenvalue weighted by molar-refractivity contribution is 0.899. The van der Waals surface area contributed by atoms with Gasteiger partial charge in [0, 0.05) is 5.56 Å². The van der Waals surface area contributed by atoms with E-state index in [9.17, 15) is 4.79 Å². The highest BCUT2D eigenvalue weighted by molar-refractivity contribution is 5.42. The average molecular weight is 227 g/mol. The molecule has 0 amide bonds. The summed E-state index contributed by atoms with van der Waals surface area (Å²) in [4.78, 5) is 16.7. The number of fused-ring (bicyclic) bond motifs is 1. The molecule has 1 heterocycles. The molecule has 0 radical (unpaired) electrons. The Hall–Kier alpha value is -2.10. The lowest BCUT2D eigenvalue weighted by Gasteiger charge is -2.10. The van der Waals surface area contributed by atoms with Crippen LogP contribution in [0.3, 0.4) is 0 Å². The van der Waals surface area contributed by atoms with Gasteiger partial charge in [-0.05, 0) is 31.4 Å². The molecule has 0 spiro atoms. The van der Waals surface area contributed by atoms with Gasteiger partial charge >= 0.3 is 0 Å². The van der Waals surface area contributed by atoms with Gasteiger partial charge in [-0.1, -0.05) is 18.2 Å². The number of rotatable bonds is 1. The highest BCUT2D eigenvalue weighted by Gasteiger charge is 2.20. The van der Waals surface area contributed by atoms with Crippen LogP contribution in [0, 0.1) is 0 Å². The lowest BCUT2D eigenvalue weighted by atomic mass is 10.2.